The van der Waals surface area contributed by atoms with Crippen LogP contribution in [0.25, 0.3) is 0 Å². The lowest BCUT2D eigenvalue weighted by Gasteiger charge is -2.07. The monoisotopic (exact) mass is 243 g/mol. The Hall–Kier alpha value is -1.78. The van der Waals surface area contributed by atoms with E-state index in [1.54, 1.807) is 0 Å². The molecule has 0 unspecified atom stereocenters. The number of hydrogen-bond donors (Lipinski definition) is 1. The topological polar surface area (TPSA) is 29.1 Å². The van der Waals surface area contributed by atoms with E-state index in [2.05, 4.69) is 5.32 Å². The quantitative estimate of drug-likeness (QED) is 0.824. The molecule has 1 aromatic rings. The van der Waals surface area contributed by atoms with E-state index in [1.165, 1.54) is 6.92 Å². The normalized spacial score (nSPS) is 12.4. The van der Waals surface area contributed by atoms with E-state index in [0.717, 1.165) is 5.56 Å². The van der Waals surface area contributed by atoms with Crippen molar-refractivity contribution < 1.29 is 18.0 Å². The van der Waals surface area contributed by atoms with Crippen LogP contribution in [-0.2, 0) is 11.3 Å². The first-order chi connectivity index (χ1) is 7.89. The number of carbonyl (C=O) groups is 1. The molecule has 0 heterocycles. The average Bonchev–Trinajstić information content (AvgIpc) is 2.26. The van der Waals surface area contributed by atoms with Gasteiger partial charge < -0.3 is 5.32 Å². The molecule has 1 aromatic carbocycles. The Morgan fingerprint density at radius 1 is 1.29 bits per heavy atom. The molecule has 0 radical (unpaired) electrons. The third-order valence-electron chi connectivity index (χ3n) is 2.04. The molecule has 0 fully saturated rings. The summed E-state index contributed by atoms with van der Waals surface area (Å²) in [5.41, 5.74) is 1.12. The number of alkyl halides is 3. The van der Waals surface area contributed by atoms with Crippen molar-refractivity contribution in [3.05, 3.63) is 47.7 Å². The van der Waals surface area contributed by atoms with Crippen LogP contribution in [0, 0.1) is 0 Å². The van der Waals surface area contributed by atoms with E-state index >= 15 is 0 Å². The number of carbonyl (C=O) groups excluding carboxylic acids is 1. The van der Waals surface area contributed by atoms with Gasteiger partial charge in [-0.1, -0.05) is 30.3 Å². The molecule has 0 aliphatic carbocycles. The Balaban J connectivity index is 2.53. The minimum absolute atomic E-state index is 0.191. The van der Waals surface area contributed by atoms with Crippen molar-refractivity contribution in [3.63, 3.8) is 0 Å². The number of rotatable bonds is 4. The zero-order valence-corrected chi connectivity index (χ0v) is 9.21. The van der Waals surface area contributed by atoms with Crippen LogP contribution in [0.1, 0.15) is 12.5 Å². The highest BCUT2D eigenvalue weighted by Gasteiger charge is 2.36. The minimum atomic E-state index is -4.81. The van der Waals surface area contributed by atoms with Crippen LogP contribution in [0.2, 0.25) is 0 Å². The third kappa shape index (κ3) is 4.72. The number of benzene rings is 1. The maximum atomic E-state index is 12.0. The van der Waals surface area contributed by atoms with Gasteiger partial charge in [-0.3, -0.25) is 4.79 Å². The van der Waals surface area contributed by atoms with Gasteiger partial charge in [-0.25, -0.2) is 0 Å². The van der Waals surface area contributed by atoms with Crippen LogP contribution in [0.4, 0.5) is 13.2 Å². The first kappa shape index (κ1) is 13.3. The fourth-order valence-corrected chi connectivity index (χ4v) is 1.17. The van der Waals surface area contributed by atoms with Crippen LogP contribution < -0.4 is 5.32 Å². The predicted octanol–water partition coefficient (Wildman–Crippen LogP) is 2.81. The number of hydrogen-bond acceptors (Lipinski definition) is 2. The summed E-state index contributed by atoms with van der Waals surface area (Å²) in [5.74, 6) is -1.85. The molecule has 0 amide bonds. The third-order valence-corrected chi connectivity index (χ3v) is 2.04. The van der Waals surface area contributed by atoms with Gasteiger partial charge in [-0.2, -0.15) is 13.2 Å². The van der Waals surface area contributed by atoms with E-state index in [9.17, 15) is 18.0 Å². The summed E-state index contributed by atoms with van der Waals surface area (Å²) in [7, 11) is 0. The van der Waals surface area contributed by atoms with Crippen molar-refractivity contribution in [1.82, 2.24) is 5.32 Å². The van der Waals surface area contributed by atoms with Gasteiger partial charge in [0.25, 0.3) is 5.78 Å². The van der Waals surface area contributed by atoms with Gasteiger partial charge in [0.05, 0.1) is 0 Å². The number of nitrogens with one attached hydrogen (secondary N) is 1. The lowest BCUT2D eigenvalue weighted by molar-refractivity contribution is -0.165. The molecule has 0 saturated carbocycles. The summed E-state index contributed by atoms with van der Waals surface area (Å²) >= 11 is 0. The molecule has 5 heteroatoms. The smallest absolute Gasteiger partial charge is 0.384 e. The number of halogens is 3. The molecule has 0 aliphatic rings. The molecule has 0 bridgehead atoms. The number of ketones is 1. The maximum absolute atomic E-state index is 12.0. The highest BCUT2D eigenvalue weighted by Crippen LogP contribution is 2.17. The molecule has 17 heavy (non-hydrogen) atoms. The van der Waals surface area contributed by atoms with Crippen molar-refractivity contribution in [2.75, 3.05) is 0 Å². The highest BCUT2D eigenvalue weighted by molar-refractivity contribution is 5.94. The summed E-state index contributed by atoms with van der Waals surface area (Å²) in [6.45, 7) is 1.81. The lowest BCUT2D eigenvalue weighted by atomic mass is 10.2. The van der Waals surface area contributed by atoms with Gasteiger partial charge in [0.2, 0.25) is 0 Å². The Morgan fingerprint density at radius 3 is 2.41 bits per heavy atom. The second-order valence-corrected chi connectivity index (χ2v) is 3.53. The summed E-state index contributed by atoms with van der Waals surface area (Å²) < 4.78 is 35.9. The van der Waals surface area contributed by atoms with E-state index in [-0.39, 0.29) is 5.70 Å². The van der Waals surface area contributed by atoms with Crippen LogP contribution >= 0.6 is 0 Å². The standard InChI is InChI=1S/C12H12F3NO/c1-9(7-11(17)12(13,14)15)16-8-10-5-3-2-4-6-10/h2-7,16H,8H2,1H3/b9-7+. The lowest BCUT2D eigenvalue weighted by Crippen LogP contribution is -2.22. The molecule has 1 N–H and O–H groups in total. The second-order valence-electron chi connectivity index (χ2n) is 3.53. The van der Waals surface area contributed by atoms with Crippen molar-refractivity contribution >= 4 is 5.78 Å². The fourth-order valence-electron chi connectivity index (χ4n) is 1.17. The first-order valence-electron chi connectivity index (χ1n) is 4.97. The van der Waals surface area contributed by atoms with E-state index in [4.69, 9.17) is 0 Å². The van der Waals surface area contributed by atoms with Gasteiger partial charge in [-0.15, -0.1) is 0 Å². The molecule has 0 aromatic heterocycles. The summed E-state index contributed by atoms with van der Waals surface area (Å²) in [5, 5.41) is 2.74. The molecular weight excluding hydrogens is 231 g/mol. The van der Waals surface area contributed by atoms with E-state index < -0.39 is 12.0 Å². The van der Waals surface area contributed by atoms with Gasteiger partial charge in [0.15, 0.2) is 0 Å². The van der Waals surface area contributed by atoms with E-state index in [0.29, 0.717) is 12.6 Å². The second kappa shape index (κ2) is 5.52. The Labute approximate surface area is 97.1 Å². The molecule has 1 rings (SSSR count). The first-order valence-corrected chi connectivity index (χ1v) is 4.97. The van der Waals surface area contributed by atoms with Crippen molar-refractivity contribution in [2.24, 2.45) is 0 Å². The van der Waals surface area contributed by atoms with Crippen molar-refractivity contribution in [2.45, 2.75) is 19.6 Å². The molecule has 0 spiro atoms. The van der Waals surface area contributed by atoms with Crippen LogP contribution in [0.5, 0.6) is 0 Å². The zero-order chi connectivity index (χ0) is 12.9. The van der Waals surface area contributed by atoms with Crippen LogP contribution in [0.15, 0.2) is 42.1 Å². The molecule has 92 valence electrons. The van der Waals surface area contributed by atoms with Gasteiger partial charge in [0, 0.05) is 18.3 Å². The maximum Gasteiger partial charge on any atom is 0.454 e. The minimum Gasteiger partial charge on any atom is -0.384 e. The number of allylic oxidation sites excluding steroid dienone is 2. The molecule has 0 saturated heterocycles. The molecule has 0 aliphatic heterocycles. The van der Waals surface area contributed by atoms with Crippen molar-refractivity contribution in [1.29, 1.82) is 0 Å². The molecular formula is C12H12F3NO. The Kier molecular flexibility index (Phi) is 4.31. The highest BCUT2D eigenvalue weighted by atomic mass is 19.4. The predicted molar refractivity (Wildman–Crippen MR) is 58.1 cm³/mol. The van der Waals surface area contributed by atoms with Crippen molar-refractivity contribution in [3.8, 4) is 0 Å². The van der Waals surface area contributed by atoms with Gasteiger partial charge in [-0.05, 0) is 12.5 Å². The van der Waals surface area contributed by atoms with Crippen LogP contribution in [0.3, 0.4) is 0 Å². The van der Waals surface area contributed by atoms with Gasteiger partial charge >= 0.3 is 6.18 Å². The SMILES string of the molecule is C/C(=C\C(=O)C(F)(F)F)NCc1ccccc1. The Bertz CT molecular complexity index is 410. The fraction of sp³-hybridized carbons (Fsp3) is 0.250. The summed E-state index contributed by atoms with van der Waals surface area (Å²) in [6, 6.07) is 9.19. The largest absolute Gasteiger partial charge is 0.454 e. The summed E-state index contributed by atoms with van der Waals surface area (Å²) in [6.07, 6.45) is -4.25. The van der Waals surface area contributed by atoms with E-state index in [1.807, 2.05) is 30.3 Å². The van der Waals surface area contributed by atoms with Gasteiger partial charge in [0.1, 0.15) is 0 Å². The average molecular weight is 243 g/mol. The zero-order valence-electron chi connectivity index (χ0n) is 9.21. The summed E-state index contributed by atoms with van der Waals surface area (Å²) in [4.78, 5) is 10.6. The Morgan fingerprint density at radius 2 is 1.88 bits per heavy atom. The molecule has 2 nitrogen and oxygen atoms in total. The molecule has 0 atom stereocenters. The van der Waals surface area contributed by atoms with Crippen LogP contribution in [-0.4, -0.2) is 12.0 Å².